The Morgan fingerprint density at radius 3 is 2.74 bits per heavy atom. The van der Waals surface area contributed by atoms with E-state index in [1.165, 1.54) is 35.1 Å². The van der Waals surface area contributed by atoms with Crippen LogP contribution in [0.15, 0.2) is 52.5 Å². The van der Waals surface area contributed by atoms with Crippen LogP contribution in [0.25, 0.3) is 20.4 Å². The number of likely N-dealkylation sites (tertiary alicyclic amines) is 1. The first-order valence-corrected chi connectivity index (χ1v) is 13.6. The fourth-order valence-electron chi connectivity index (χ4n) is 4.53. The highest BCUT2D eigenvalue weighted by Crippen LogP contribution is 2.31. The molecule has 1 saturated heterocycles. The molecule has 176 valence electrons. The molecular formula is C26H28N4O2S2. The predicted octanol–water partition coefficient (Wildman–Crippen LogP) is 5.11. The minimum absolute atomic E-state index is 0.0751. The van der Waals surface area contributed by atoms with Gasteiger partial charge in [-0.1, -0.05) is 43.0 Å². The van der Waals surface area contributed by atoms with Gasteiger partial charge in [-0.05, 0) is 55.9 Å². The van der Waals surface area contributed by atoms with Gasteiger partial charge < -0.3 is 4.90 Å². The van der Waals surface area contributed by atoms with Gasteiger partial charge in [0.1, 0.15) is 9.53 Å². The van der Waals surface area contributed by atoms with E-state index in [9.17, 15) is 9.59 Å². The van der Waals surface area contributed by atoms with Crippen molar-refractivity contribution in [3.8, 4) is 0 Å². The number of hydrogen-bond donors (Lipinski definition) is 0. The van der Waals surface area contributed by atoms with E-state index >= 15 is 0 Å². The maximum atomic E-state index is 13.6. The Labute approximate surface area is 207 Å². The Bertz CT molecular complexity index is 1390. The zero-order valence-electron chi connectivity index (χ0n) is 19.5. The summed E-state index contributed by atoms with van der Waals surface area (Å²) in [6, 6.07) is 12.4. The van der Waals surface area contributed by atoms with Gasteiger partial charge >= 0.3 is 0 Å². The van der Waals surface area contributed by atoms with Gasteiger partial charge in [-0.15, -0.1) is 11.3 Å². The van der Waals surface area contributed by atoms with Crippen LogP contribution < -0.4 is 5.56 Å². The monoisotopic (exact) mass is 492 g/mol. The molecule has 1 amide bonds. The van der Waals surface area contributed by atoms with Gasteiger partial charge in [0.25, 0.3) is 5.56 Å². The number of aromatic nitrogens is 3. The van der Waals surface area contributed by atoms with Crippen molar-refractivity contribution in [1.29, 1.82) is 0 Å². The van der Waals surface area contributed by atoms with Crippen molar-refractivity contribution < 1.29 is 4.79 Å². The molecule has 1 atom stereocenters. The molecule has 34 heavy (non-hydrogen) atoms. The lowest BCUT2D eigenvalue weighted by molar-refractivity contribution is -0.131. The van der Waals surface area contributed by atoms with Crippen LogP contribution in [-0.2, 0) is 17.8 Å². The van der Waals surface area contributed by atoms with Gasteiger partial charge in [-0.25, -0.2) is 9.97 Å². The minimum Gasteiger partial charge on any atom is -0.339 e. The van der Waals surface area contributed by atoms with Gasteiger partial charge in [0.05, 0.1) is 17.8 Å². The predicted molar refractivity (Wildman–Crippen MR) is 140 cm³/mol. The summed E-state index contributed by atoms with van der Waals surface area (Å²) in [5, 5.41) is 1.47. The van der Waals surface area contributed by atoms with Crippen molar-refractivity contribution in [2.45, 2.75) is 57.3 Å². The van der Waals surface area contributed by atoms with E-state index in [0.29, 0.717) is 21.9 Å². The standard InChI is InChI=1S/C26H28N4O2S2/c1-3-18-9-11-19(12-10-18)15-30-25(32)23-22(20-8-6-13-27-24(20)34-23)28-26(30)33-16-21(31)29-14-5-4-7-17(29)2/h6,8-13,17H,3-5,7,14-16H2,1-2H3/t17-/m1/s1. The smallest absolute Gasteiger partial charge is 0.272 e. The number of fused-ring (bicyclic) bond motifs is 3. The van der Waals surface area contributed by atoms with Gasteiger partial charge in [0.15, 0.2) is 5.16 Å². The van der Waals surface area contributed by atoms with Crippen molar-refractivity contribution in [3.63, 3.8) is 0 Å². The number of benzene rings is 1. The van der Waals surface area contributed by atoms with E-state index in [0.717, 1.165) is 41.6 Å². The number of carbonyl (C=O) groups is 1. The summed E-state index contributed by atoms with van der Waals surface area (Å²) >= 11 is 2.75. The summed E-state index contributed by atoms with van der Waals surface area (Å²) in [4.78, 5) is 38.8. The van der Waals surface area contributed by atoms with E-state index in [1.54, 1.807) is 10.8 Å². The number of aryl methyl sites for hydroxylation is 1. The molecule has 0 bridgehead atoms. The number of hydrogen-bond acceptors (Lipinski definition) is 6. The Kier molecular flexibility index (Phi) is 6.70. The maximum absolute atomic E-state index is 13.6. The molecule has 0 saturated carbocycles. The lowest BCUT2D eigenvalue weighted by Crippen LogP contribution is -2.43. The molecular weight excluding hydrogens is 464 g/mol. The van der Waals surface area contributed by atoms with E-state index in [4.69, 9.17) is 4.98 Å². The SMILES string of the molecule is CCc1ccc(Cn2c(SCC(=O)N3CCCC[C@H]3C)nc3c(sc4ncccc43)c2=O)cc1. The van der Waals surface area contributed by atoms with Gasteiger partial charge in [-0.3, -0.25) is 14.2 Å². The average Bonchev–Trinajstić information content (AvgIpc) is 3.24. The molecule has 4 aromatic rings. The molecule has 5 rings (SSSR count). The summed E-state index contributed by atoms with van der Waals surface area (Å²) in [7, 11) is 0. The number of nitrogens with zero attached hydrogens (tertiary/aromatic N) is 4. The molecule has 1 fully saturated rings. The Morgan fingerprint density at radius 1 is 1.18 bits per heavy atom. The number of amides is 1. The molecule has 0 unspecified atom stereocenters. The summed E-state index contributed by atoms with van der Waals surface area (Å²) in [5.74, 6) is 0.388. The van der Waals surface area contributed by atoms with Crippen LogP contribution in [0.5, 0.6) is 0 Å². The number of thiophene rings is 1. The third-order valence-corrected chi connectivity index (χ3v) is 8.59. The first-order chi connectivity index (χ1) is 16.5. The number of carbonyl (C=O) groups excluding carboxylic acids is 1. The lowest BCUT2D eigenvalue weighted by Gasteiger charge is -2.33. The van der Waals surface area contributed by atoms with E-state index < -0.39 is 0 Å². The first-order valence-electron chi connectivity index (χ1n) is 11.8. The van der Waals surface area contributed by atoms with Crippen molar-refractivity contribution in [3.05, 3.63) is 64.1 Å². The van der Waals surface area contributed by atoms with Crippen molar-refractivity contribution >= 4 is 49.4 Å². The summed E-state index contributed by atoms with van der Waals surface area (Å²) < 4.78 is 2.33. The molecule has 0 N–H and O–H groups in total. The molecule has 4 heterocycles. The molecule has 1 aliphatic rings. The minimum atomic E-state index is -0.0751. The first kappa shape index (κ1) is 23.1. The summed E-state index contributed by atoms with van der Waals surface area (Å²) in [5.41, 5.74) is 2.90. The average molecular weight is 493 g/mol. The van der Waals surface area contributed by atoms with Crippen molar-refractivity contribution in [1.82, 2.24) is 19.4 Å². The lowest BCUT2D eigenvalue weighted by atomic mass is 10.0. The quantitative estimate of drug-likeness (QED) is 0.276. The molecule has 6 nitrogen and oxygen atoms in total. The molecule has 0 radical (unpaired) electrons. The third-order valence-electron chi connectivity index (χ3n) is 6.54. The number of rotatable bonds is 6. The number of piperidine rings is 1. The van der Waals surface area contributed by atoms with Crippen LogP contribution in [0.4, 0.5) is 0 Å². The number of thioether (sulfide) groups is 1. The van der Waals surface area contributed by atoms with Crippen LogP contribution >= 0.6 is 23.1 Å². The Hall–Kier alpha value is -2.71. The molecule has 0 aliphatic carbocycles. The van der Waals surface area contributed by atoms with Gasteiger partial charge in [0, 0.05) is 24.2 Å². The van der Waals surface area contributed by atoms with Gasteiger partial charge in [-0.2, -0.15) is 0 Å². The maximum Gasteiger partial charge on any atom is 0.272 e. The summed E-state index contributed by atoms with van der Waals surface area (Å²) in [6.45, 7) is 5.47. The van der Waals surface area contributed by atoms with E-state index in [2.05, 4.69) is 43.1 Å². The highest BCUT2D eigenvalue weighted by atomic mass is 32.2. The molecule has 1 aromatic carbocycles. The fraction of sp³-hybridized carbons (Fsp3) is 0.385. The van der Waals surface area contributed by atoms with Crippen LogP contribution in [0, 0.1) is 0 Å². The Balaban J connectivity index is 1.53. The zero-order valence-corrected chi connectivity index (χ0v) is 21.1. The third kappa shape index (κ3) is 4.49. The summed E-state index contributed by atoms with van der Waals surface area (Å²) in [6.07, 6.45) is 5.98. The van der Waals surface area contributed by atoms with Crippen LogP contribution in [0.3, 0.4) is 0 Å². The normalized spacial score (nSPS) is 16.4. The van der Waals surface area contributed by atoms with E-state index in [-0.39, 0.29) is 23.3 Å². The number of pyridine rings is 1. The van der Waals surface area contributed by atoms with Gasteiger partial charge in [0.2, 0.25) is 5.91 Å². The second kappa shape index (κ2) is 9.88. The van der Waals surface area contributed by atoms with Crippen LogP contribution in [0.1, 0.15) is 44.2 Å². The second-order valence-corrected chi connectivity index (χ2v) is 10.8. The highest BCUT2D eigenvalue weighted by Gasteiger charge is 2.24. The van der Waals surface area contributed by atoms with Crippen LogP contribution in [-0.4, -0.2) is 43.7 Å². The largest absolute Gasteiger partial charge is 0.339 e. The van der Waals surface area contributed by atoms with Crippen molar-refractivity contribution in [2.75, 3.05) is 12.3 Å². The Morgan fingerprint density at radius 2 is 1.97 bits per heavy atom. The fourth-order valence-corrected chi connectivity index (χ4v) is 6.44. The zero-order chi connectivity index (χ0) is 23.7. The highest BCUT2D eigenvalue weighted by molar-refractivity contribution is 7.99. The van der Waals surface area contributed by atoms with Crippen molar-refractivity contribution in [2.24, 2.45) is 0 Å². The molecule has 1 aliphatic heterocycles. The van der Waals surface area contributed by atoms with Crippen LogP contribution in [0.2, 0.25) is 0 Å². The molecule has 0 spiro atoms. The molecule has 3 aromatic heterocycles. The second-order valence-electron chi connectivity index (χ2n) is 8.81. The van der Waals surface area contributed by atoms with E-state index in [1.807, 2.05) is 17.0 Å². The molecule has 8 heteroatoms. The topological polar surface area (TPSA) is 68.1 Å².